The average molecular weight is 314 g/mol. The van der Waals surface area contributed by atoms with Gasteiger partial charge in [-0.1, -0.05) is 60.1 Å². The van der Waals surface area contributed by atoms with Crippen LogP contribution in [-0.4, -0.2) is 19.8 Å². The van der Waals surface area contributed by atoms with E-state index in [9.17, 15) is 0 Å². The van der Waals surface area contributed by atoms with E-state index in [0.29, 0.717) is 0 Å². The second-order valence-electron chi connectivity index (χ2n) is 5.48. The van der Waals surface area contributed by atoms with Gasteiger partial charge in [-0.15, -0.1) is 0 Å². The fourth-order valence-corrected chi connectivity index (χ4v) is 2.82. The van der Waals surface area contributed by atoms with Crippen molar-refractivity contribution in [2.45, 2.75) is 12.5 Å². The fourth-order valence-electron chi connectivity index (χ4n) is 2.69. The Hall–Kier alpha value is -1.61. The number of halogens is 1. The first-order chi connectivity index (χ1) is 10.8. The molecule has 0 amide bonds. The molecular formula is C19H20ClNO. The molecule has 0 aromatic heterocycles. The summed E-state index contributed by atoms with van der Waals surface area (Å²) in [6.45, 7) is 2.40. The highest BCUT2D eigenvalue weighted by atomic mass is 35.5. The molecule has 2 aromatic carbocycles. The quantitative estimate of drug-likeness (QED) is 0.828. The van der Waals surface area contributed by atoms with Crippen molar-refractivity contribution < 1.29 is 4.74 Å². The van der Waals surface area contributed by atoms with Crippen molar-refractivity contribution in [3.63, 3.8) is 0 Å². The van der Waals surface area contributed by atoms with E-state index in [-0.39, 0.29) is 6.04 Å². The zero-order valence-corrected chi connectivity index (χ0v) is 13.2. The SMILES string of the molecule is Clc1ccc(C(NCC2=CCCOC2)c2ccccc2)cc1. The largest absolute Gasteiger partial charge is 0.377 e. The smallest absolute Gasteiger partial charge is 0.0689 e. The molecule has 0 spiro atoms. The molecule has 0 fully saturated rings. The molecule has 1 aliphatic rings. The highest BCUT2D eigenvalue weighted by molar-refractivity contribution is 6.30. The Balaban J connectivity index is 1.80. The maximum atomic E-state index is 6.02. The molecule has 1 atom stereocenters. The molecule has 114 valence electrons. The van der Waals surface area contributed by atoms with Crippen LogP contribution in [0.25, 0.3) is 0 Å². The summed E-state index contributed by atoms with van der Waals surface area (Å²) in [5, 5.41) is 4.41. The minimum absolute atomic E-state index is 0.154. The average Bonchev–Trinajstić information content (AvgIpc) is 2.58. The van der Waals surface area contributed by atoms with Crippen molar-refractivity contribution >= 4 is 11.6 Å². The van der Waals surface area contributed by atoms with Crippen LogP contribution in [0.1, 0.15) is 23.6 Å². The summed E-state index contributed by atoms with van der Waals surface area (Å²) >= 11 is 6.02. The normalized spacial score (nSPS) is 16.1. The molecule has 0 saturated carbocycles. The second-order valence-corrected chi connectivity index (χ2v) is 5.92. The molecule has 3 heteroatoms. The summed E-state index contributed by atoms with van der Waals surface area (Å²) in [4.78, 5) is 0. The van der Waals surface area contributed by atoms with Crippen molar-refractivity contribution in [2.75, 3.05) is 19.8 Å². The van der Waals surface area contributed by atoms with Crippen LogP contribution < -0.4 is 5.32 Å². The topological polar surface area (TPSA) is 21.3 Å². The van der Waals surface area contributed by atoms with Crippen molar-refractivity contribution in [2.24, 2.45) is 0 Å². The molecule has 1 heterocycles. The lowest BCUT2D eigenvalue weighted by atomic mass is 9.98. The summed E-state index contributed by atoms with van der Waals surface area (Å²) in [6.07, 6.45) is 3.29. The van der Waals surface area contributed by atoms with Crippen LogP contribution >= 0.6 is 11.6 Å². The summed E-state index contributed by atoms with van der Waals surface area (Å²) in [5.74, 6) is 0. The van der Waals surface area contributed by atoms with E-state index in [1.807, 2.05) is 18.2 Å². The summed E-state index contributed by atoms with van der Waals surface area (Å²) in [6, 6.07) is 18.7. The maximum Gasteiger partial charge on any atom is 0.0689 e. The van der Waals surface area contributed by atoms with Gasteiger partial charge >= 0.3 is 0 Å². The number of nitrogens with one attached hydrogen (secondary N) is 1. The summed E-state index contributed by atoms with van der Waals surface area (Å²) in [7, 11) is 0. The van der Waals surface area contributed by atoms with E-state index in [1.54, 1.807) is 0 Å². The van der Waals surface area contributed by atoms with E-state index in [4.69, 9.17) is 16.3 Å². The Labute approximate surface area is 136 Å². The van der Waals surface area contributed by atoms with Crippen LogP contribution in [0.5, 0.6) is 0 Å². The van der Waals surface area contributed by atoms with Crippen LogP contribution in [0.3, 0.4) is 0 Å². The molecule has 0 aliphatic carbocycles. The van der Waals surface area contributed by atoms with Crippen LogP contribution in [0.2, 0.25) is 5.02 Å². The van der Waals surface area contributed by atoms with E-state index in [2.05, 4.69) is 47.8 Å². The molecule has 3 rings (SSSR count). The predicted octanol–water partition coefficient (Wildman–Crippen LogP) is 4.37. The fraction of sp³-hybridized carbons (Fsp3) is 0.263. The van der Waals surface area contributed by atoms with Crippen LogP contribution in [0, 0.1) is 0 Å². The van der Waals surface area contributed by atoms with Crippen LogP contribution in [0.15, 0.2) is 66.2 Å². The number of benzene rings is 2. The molecular weight excluding hydrogens is 294 g/mol. The molecule has 1 aliphatic heterocycles. The van der Waals surface area contributed by atoms with Gasteiger partial charge in [0.05, 0.1) is 19.3 Å². The third-order valence-electron chi connectivity index (χ3n) is 3.85. The highest BCUT2D eigenvalue weighted by Gasteiger charge is 2.14. The standard InChI is InChI=1S/C19H20ClNO/c20-18-10-8-17(9-11-18)19(16-6-2-1-3-7-16)21-13-15-5-4-12-22-14-15/h1-3,5-11,19,21H,4,12-14H2. The van der Waals surface area contributed by atoms with E-state index in [0.717, 1.165) is 31.2 Å². The summed E-state index contributed by atoms with van der Waals surface area (Å²) < 4.78 is 5.52. The van der Waals surface area contributed by atoms with E-state index < -0.39 is 0 Å². The Morgan fingerprint density at radius 2 is 1.73 bits per heavy atom. The number of hydrogen-bond donors (Lipinski definition) is 1. The molecule has 0 radical (unpaired) electrons. The predicted molar refractivity (Wildman–Crippen MR) is 91.3 cm³/mol. The number of hydrogen-bond acceptors (Lipinski definition) is 2. The van der Waals surface area contributed by atoms with Gasteiger partial charge in [0.15, 0.2) is 0 Å². The second kappa shape index (κ2) is 7.59. The van der Waals surface area contributed by atoms with Gasteiger partial charge in [0.2, 0.25) is 0 Å². The molecule has 0 bridgehead atoms. The Morgan fingerprint density at radius 3 is 2.41 bits per heavy atom. The number of rotatable bonds is 5. The lowest BCUT2D eigenvalue weighted by molar-refractivity contribution is 0.148. The van der Waals surface area contributed by atoms with Gasteiger partial charge in [0, 0.05) is 11.6 Å². The zero-order valence-electron chi connectivity index (χ0n) is 12.5. The number of ether oxygens (including phenoxy) is 1. The Kier molecular flexibility index (Phi) is 5.28. The Morgan fingerprint density at radius 1 is 1.00 bits per heavy atom. The minimum Gasteiger partial charge on any atom is -0.377 e. The molecule has 2 aromatic rings. The Bertz CT molecular complexity index is 622. The van der Waals surface area contributed by atoms with Gasteiger partial charge in [0.25, 0.3) is 0 Å². The van der Waals surface area contributed by atoms with Gasteiger partial charge in [-0.3, -0.25) is 0 Å². The molecule has 2 nitrogen and oxygen atoms in total. The van der Waals surface area contributed by atoms with Crippen molar-refractivity contribution in [1.82, 2.24) is 5.32 Å². The minimum atomic E-state index is 0.154. The molecule has 1 N–H and O–H groups in total. The lowest BCUT2D eigenvalue weighted by Gasteiger charge is -2.22. The van der Waals surface area contributed by atoms with Gasteiger partial charge in [0.1, 0.15) is 0 Å². The maximum absolute atomic E-state index is 6.02. The summed E-state index contributed by atoms with van der Waals surface area (Å²) in [5.41, 5.74) is 3.79. The molecule has 22 heavy (non-hydrogen) atoms. The van der Waals surface area contributed by atoms with Gasteiger partial charge in [-0.2, -0.15) is 0 Å². The van der Waals surface area contributed by atoms with Crippen molar-refractivity contribution in [1.29, 1.82) is 0 Å². The van der Waals surface area contributed by atoms with Gasteiger partial charge < -0.3 is 10.1 Å². The first-order valence-corrected chi connectivity index (χ1v) is 8.00. The van der Waals surface area contributed by atoms with E-state index in [1.165, 1.54) is 16.7 Å². The first kappa shape index (κ1) is 15.3. The van der Waals surface area contributed by atoms with Gasteiger partial charge in [-0.05, 0) is 35.3 Å². The van der Waals surface area contributed by atoms with Gasteiger partial charge in [-0.25, -0.2) is 0 Å². The third kappa shape index (κ3) is 3.98. The lowest BCUT2D eigenvalue weighted by Crippen LogP contribution is -2.26. The first-order valence-electron chi connectivity index (χ1n) is 7.62. The van der Waals surface area contributed by atoms with E-state index >= 15 is 0 Å². The van der Waals surface area contributed by atoms with Crippen LogP contribution in [-0.2, 0) is 4.74 Å². The monoisotopic (exact) mass is 313 g/mol. The molecule has 1 unspecified atom stereocenters. The highest BCUT2D eigenvalue weighted by Crippen LogP contribution is 2.24. The molecule has 0 saturated heterocycles. The third-order valence-corrected chi connectivity index (χ3v) is 4.10. The zero-order chi connectivity index (χ0) is 15.2. The van der Waals surface area contributed by atoms with Crippen LogP contribution in [0.4, 0.5) is 0 Å². The van der Waals surface area contributed by atoms with Crippen molar-refractivity contribution in [3.8, 4) is 0 Å². The van der Waals surface area contributed by atoms with Crippen molar-refractivity contribution in [3.05, 3.63) is 82.4 Å².